The second-order valence-corrected chi connectivity index (χ2v) is 9.39. The van der Waals surface area contributed by atoms with Gasteiger partial charge in [0.2, 0.25) is 5.17 Å². The molecule has 0 spiro atoms. The number of amides is 1. The number of fused-ring (bicyclic) bond motifs is 1. The Hall–Kier alpha value is -3.04. The van der Waals surface area contributed by atoms with E-state index in [1.807, 2.05) is 24.5 Å². The van der Waals surface area contributed by atoms with Crippen molar-refractivity contribution in [3.05, 3.63) is 45.7 Å². The van der Waals surface area contributed by atoms with Gasteiger partial charge in [-0.1, -0.05) is 24.9 Å². The third-order valence-corrected chi connectivity index (χ3v) is 6.97. The number of thioether (sulfide) groups is 1. The lowest BCUT2D eigenvalue weighted by molar-refractivity contribution is -0.114. The summed E-state index contributed by atoms with van der Waals surface area (Å²) < 4.78 is 12.9. The van der Waals surface area contributed by atoms with Crippen LogP contribution < -0.4 is 9.47 Å². The standard InChI is InChI=1S/C24H26ClN5O3S/c1-6-7-8-21-28-30-22(26)16(23(31)27-24(30)34-21)10-15-9-13(2)29(14(15)3)18-11-17(25)19(32-4)12-20(18)33-5/h9-12,26H,6-8H2,1-5H3/b16-10+,26-22?. The van der Waals surface area contributed by atoms with Crippen molar-refractivity contribution >= 4 is 51.4 Å². The van der Waals surface area contributed by atoms with E-state index in [-0.39, 0.29) is 11.4 Å². The lowest BCUT2D eigenvalue weighted by atomic mass is 10.1. The van der Waals surface area contributed by atoms with Gasteiger partial charge in [-0.05, 0) is 62.2 Å². The summed E-state index contributed by atoms with van der Waals surface area (Å²) in [5, 5.41) is 16.4. The summed E-state index contributed by atoms with van der Waals surface area (Å²) in [5.74, 6) is 0.708. The highest BCUT2D eigenvalue weighted by atomic mass is 35.5. The normalized spacial score (nSPS) is 16.6. The highest BCUT2D eigenvalue weighted by Gasteiger charge is 2.35. The van der Waals surface area contributed by atoms with Crippen LogP contribution in [0.15, 0.2) is 33.9 Å². The van der Waals surface area contributed by atoms with Gasteiger partial charge in [0.1, 0.15) is 16.5 Å². The van der Waals surface area contributed by atoms with Gasteiger partial charge >= 0.3 is 0 Å². The Morgan fingerprint density at radius 2 is 1.91 bits per heavy atom. The number of hydrazone groups is 1. The van der Waals surface area contributed by atoms with Gasteiger partial charge in [0.05, 0.1) is 30.5 Å². The molecule has 0 fully saturated rings. The van der Waals surface area contributed by atoms with E-state index in [1.165, 1.54) is 16.8 Å². The molecule has 0 unspecified atom stereocenters. The molecule has 2 aliphatic heterocycles. The summed E-state index contributed by atoms with van der Waals surface area (Å²) in [7, 11) is 3.14. The monoisotopic (exact) mass is 499 g/mol. The number of carbonyl (C=O) groups excluding carboxylic acids is 1. The van der Waals surface area contributed by atoms with E-state index in [9.17, 15) is 4.79 Å². The fraction of sp³-hybridized carbons (Fsp3) is 0.333. The molecule has 34 heavy (non-hydrogen) atoms. The maximum atomic E-state index is 12.8. The van der Waals surface area contributed by atoms with Crippen LogP contribution in [0.5, 0.6) is 11.5 Å². The Morgan fingerprint density at radius 3 is 2.59 bits per heavy atom. The molecule has 0 atom stereocenters. The number of nitrogens with zero attached hydrogens (tertiary/aromatic N) is 4. The fourth-order valence-electron chi connectivity index (χ4n) is 3.94. The van der Waals surface area contributed by atoms with E-state index >= 15 is 0 Å². The molecule has 1 aromatic carbocycles. The lowest BCUT2D eigenvalue weighted by Crippen LogP contribution is -2.35. The Morgan fingerprint density at radius 1 is 1.18 bits per heavy atom. The second kappa shape index (κ2) is 9.68. The molecule has 1 N–H and O–H groups in total. The minimum Gasteiger partial charge on any atom is -0.495 e. The van der Waals surface area contributed by atoms with Crippen molar-refractivity contribution in [3.63, 3.8) is 0 Å². The van der Waals surface area contributed by atoms with Crippen LogP contribution in [0.2, 0.25) is 5.02 Å². The first kappa shape index (κ1) is 24.1. The van der Waals surface area contributed by atoms with Crippen LogP contribution >= 0.6 is 23.4 Å². The van der Waals surface area contributed by atoms with Gasteiger partial charge in [-0.3, -0.25) is 10.2 Å². The quantitative estimate of drug-likeness (QED) is 0.502. The van der Waals surface area contributed by atoms with Crippen molar-refractivity contribution in [1.82, 2.24) is 9.58 Å². The number of methoxy groups -OCH3 is 2. The zero-order valence-electron chi connectivity index (χ0n) is 19.7. The number of hydrogen-bond donors (Lipinski definition) is 1. The summed E-state index contributed by atoms with van der Waals surface area (Å²) in [6, 6.07) is 5.48. The number of aryl methyl sites for hydroxylation is 1. The van der Waals surface area contributed by atoms with Crippen molar-refractivity contribution in [2.24, 2.45) is 10.1 Å². The van der Waals surface area contributed by atoms with Gasteiger partial charge in [-0.2, -0.15) is 15.1 Å². The van der Waals surface area contributed by atoms with Crippen molar-refractivity contribution < 1.29 is 14.3 Å². The average Bonchev–Trinajstić information content (AvgIpc) is 3.34. The zero-order chi connectivity index (χ0) is 24.6. The van der Waals surface area contributed by atoms with Crippen LogP contribution in [-0.4, -0.2) is 45.7 Å². The van der Waals surface area contributed by atoms with E-state index in [0.29, 0.717) is 21.7 Å². The third-order valence-electron chi connectivity index (χ3n) is 5.70. The lowest BCUT2D eigenvalue weighted by Gasteiger charge is -2.20. The van der Waals surface area contributed by atoms with Gasteiger partial charge in [0.15, 0.2) is 5.84 Å². The number of amidine groups is 2. The van der Waals surface area contributed by atoms with Crippen molar-refractivity contribution in [1.29, 1.82) is 5.41 Å². The summed E-state index contributed by atoms with van der Waals surface area (Å²) in [5.41, 5.74) is 3.52. The SMILES string of the molecule is CCCCC1=NN2C(=N)/C(=C\c3cc(C)n(-c4cc(Cl)c(OC)cc4OC)c3C)C(=O)N=C2S1. The molecule has 0 saturated carbocycles. The van der Waals surface area contributed by atoms with Crippen LogP contribution in [0.1, 0.15) is 43.1 Å². The van der Waals surface area contributed by atoms with Crippen molar-refractivity contribution in [2.75, 3.05) is 14.2 Å². The van der Waals surface area contributed by atoms with Crippen LogP contribution in [0.4, 0.5) is 0 Å². The maximum Gasteiger partial charge on any atom is 0.283 e. The van der Waals surface area contributed by atoms with Crippen LogP contribution in [0, 0.1) is 19.3 Å². The van der Waals surface area contributed by atoms with Gasteiger partial charge in [0, 0.05) is 17.5 Å². The number of aromatic nitrogens is 1. The van der Waals surface area contributed by atoms with Crippen LogP contribution in [0.25, 0.3) is 11.8 Å². The molecular formula is C24H26ClN5O3S. The predicted molar refractivity (Wildman–Crippen MR) is 138 cm³/mol. The van der Waals surface area contributed by atoms with E-state index in [1.54, 1.807) is 32.4 Å². The first-order chi connectivity index (χ1) is 16.3. The first-order valence-electron chi connectivity index (χ1n) is 10.9. The highest BCUT2D eigenvalue weighted by Crippen LogP contribution is 2.37. The number of carbonyl (C=O) groups is 1. The maximum absolute atomic E-state index is 12.8. The van der Waals surface area contributed by atoms with Gasteiger partial charge in [-0.25, -0.2) is 0 Å². The summed E-state index contributed by atoms with van der Waals surface area (Å²) in [4.78, 5) is 17.0. The van der Waals surface area contributed by atoms with Crippen LogP contribution in [-0.2, 0) is 4.79 Å². The smallest absolute Gasteiger partial charge is 0.283 e. The Bertz CT molecular complexity index is 1280. The predicted octanol–water partition coefficient (Wildman–Crippen LogP) is 5.57. The Kier molecular flexibility index (Phi) is 6.86. The summed E-state index contributed by atoms with van der Waals surface area (Å²) in [6.07, 6.45) is 4.56. The Labute approximate surface area is 207 Å². The summed E-state index contributed by atoms with van der Waals surface area (Å²) in [6.45, 7) is 6.01. The van der Waals surface area contributed by atoms with Crippen LogP contribution in [0.3, 0.4) is 0 Å². The fourth-order valence-corrected chi connectivity index (χ4v) is 5.10. The number of benzene rings is 1. The number of ether oxygens (including phenoxy) is 2. The molecule has 0 aliphatic carbocycles. The van der Waals surface area contributed by atoms with E-state index in [0.717, 1.165) is 46.9 Å². The molecule has 8 nitrogen and oxygen atoms in total. The molecule has 0 saturated heterocycles. The van der Waals surface area contributed by atoms with Gasteiger partial charge in [0.25, 0.3) is 5.91 Å². The average molecular weight is 500 g/mol. The molecule has 10 heteroatoms. The number of nitrogens with one attached hydrogen (secondary N) is 1. The summed E-state index contributed by atoms with van der Waals surface area (Å²) >= 11 is 7.76. The number of unbranched alkanes of at least 4 members (excludes halogenated alkanes) is 1. The van der Waals surface area contributed by atoms with E-state index in [2.05, 4.69) is 17.0 Å². The minimum absolute atomic E-state index is 0.0314. The third kappa shape index (κ3) is 4.25. The topological polar surface area (TPSA) is 92.3 Å². The number of aliphatic imine (C=N–C) groups is 1. The van der Waals surface area contributed by atoms with Gasteiger partial charge in [-0.15, -0.1) is 0 Å². The molecule has 2 aliphatic rings. The van der Waals surface area contributed by atoms with Gasteiger partial charge < -0.3 is 14.0 Å². The molecule has 0 bridgehead atoms. The first-order valence-corrected chi connectivity index (χ1v) is 12.1. The largest absolute Gasteiger partial charge is 0.495 e. The zero-order valence-corrected chi connectivity index (χ0v) is 21.3. The van der Waals surface area contributed by atoms with E-state index in [4.69, 9.17) is 26.5 Å². The molecule has 4 rings (SSSR count). The minimum atomic E-state index is -0.439. The number of hydrogen-bond acceptors (Lipinski definition) is 6. The van der Waals surface area contributed by atoms with Crippen molar-refractivity contribution in [3.8, 4) is 17.2 Å². The Balaban J connectivity index is 1.73. The molecular weight excluding hydrogens is 474 g/mol. The number of halogens is 1. The second-order valence-electron chi connectivity index (χ2n) is 7.94. The van der Waals surface area contributed by atoms with E-state index < -0.39 is 5.91 Å². The molecule has 1 amide bonds. The number of rotatable bonds is 7. The molecule has 178 valence electrons. The molecule has 1 aromatic heterocycles. The molecule has 2 aromatic rings. The molecule has 3 heterocycles. The van der Waals surface area contributed by atoms with Crippen molar-refractivity contribution in [2.45, 2.75) is 40.0 Å². The highest BCUT2D eigenvalue weighted by molar-refractivity contribution is 8.26. The molecule has 0 radical (unpaired) electrons.